The first-order valence-electron chi connectivity index (χ1n) is 8.17. The van der Waals surface area contributed by atoms with Crippen molar-refractivity contribution in [1.82, 2.24) is 10.2 Å². The molecule has 2 aliphatic heterocycles. The standard InChI is InChI=1S/C17H22Cl2N2O2/c18-14-1-2-15(19)13(10-14)9-12-3-6-21(7-4-12)17(22)16-11-23-8-5-20-16/h1-2,10,12,16,20H,3-9,11H2. The summed E-state index contributed by atoms with van der Waals surface area (Å²) < 4.78 is 5.38. The second-order valence-electron chi connectivity index (χ2n) is 6.29. The van der Waals surface area contributed by atoms with Crippen molar-refractivity contribution >= 4 is 29.1 Å². The Labute approximate surface area is 147 Å². The number of carbonyl (C=O) groups is 1. The van der Waals surface area contributed by atoms with Crippen LogP contribution in [0.1, 0.15) is 18.4 Å². The van der Waals surface area contributed by atoms with E-state index in [2.05, 4.69) is 5.32 Å². The highest BCUT2D eigenvalue weighted by Crippen LogP contribution is 2.27. The van der Waals surface area contributed by atoms with Gasteiger partial charge < -0.3 is 15.0 Å². The van der Waals surface area contributed by atoms with Gasteiger partial charge in [-0.05, 0) is 48.9 Å². The van der Waals surface area contributed by atoms with E-state index in [9.17, 15) is 4.79 Å². The van der Waals surface area contributed by atoms with Gasteiger partial charge in [-0.1, -0.05) is 23.2 Å². The number of hydrogen-bond acceptors (Lipinski definition) is 3. The van der Waals surface area contributed by atoms with Gasteiger partial charge in [-0.3, -0.25) is 4.79 Å². The molecule has 1 unspecified atom stereocenters. The third kappa shape index (κ3) is 4.38. The predicted molar refractivity (Wildman–Crippen MR) is 92.1 cm³/mol. The van der Waals surface area contributed by atoms with E-state index in [1.165, 1.54) is 0 Å². The number of nitrogens with one attached hydrogen (secondary N) is 1. The van der Waals surface area contributed by atoms with Gasteiger partial charge in [0.2, 0.25) is 5.91 Å². The minimum absolute atomic E-state index is 0.170. The van der Waals surface area contributed by atoms with Gasteiger partial charge in [0, 0.05) is 29.7 Å². The summed E-state index contributed by atoms with van der Waals surface area (Å²) >= 11 is 12.3. The van der Waals surface area contributed by atoms with E-state index in [1.54, 1.807) is 0 Å². The Balaban J connectivity index is 1.52. The summed E-state index contributed by atoms with van der Waals surface area (Å²) in [5.74, 6) is 0.717. The monoisotopic (exact) mass is 356 g/mol. The van der Waals surface area contributed by atoms with Crippen molar-refractivity contribution in [3.8, 4) is 0 Å². The van der Waals surface area contributed by atoms with Crippen LogP contribution in [-0.2, 0) is 16.0 Å². The second-order valence-corrected chi connectivity index (χ2v) is 7.13. The number of morpholine rings is 1. The minimum atomic E-state index is -0.178. The van der Waals surface area contributed by atoms with Crippen LogP contribution >= 0.6 is 23.2 Å². The summed E-state index contributed by atoms with van der Waals surface area (Å²) in [5, 5.41) is 4.73. The second kappa shape index (κ2) is 7.84. The zero-order chi connectivity index (χ0) is 16.2. The number of ether oxygens (including phenoxy) is 1. The zero-order valence-electron chi connectivity index (χ0n) is 13.1. The van der Waals surface area contributed by atoms with E-state index in [4.69, 9.17) is 27.9 Å². The first-order valence-corrected chi connectivity index (χ1v) is 8.93. The maximum Gasteiger partial charge on any atom is 0.242 e. The average molecular weight is 357 g/mol. The van der Waals surface area contributed by atoms with E-state index < -0.39 is 0 Å². The van der Waals surface area contributed by atoms with Crippen LogP contribution in [0.25, 0.3) is 0 Å². The molecule has 23 heavy (non-hydrogen) atoms. The highest BCUT2D eigenvalue weighted by molar-refractivity contribution is 6.33. The molecule has 3 rings (SSSR count). The van der Waals surface area contributed by atoms with Crippen LogP contribution in [-0.4, -0.2) is 49.7 Å². The van der Waals surface area contributed by atoms with Crippen molar-refractivity contribution in [1.29, 1.82) is 0 Å². The molecule has 1 atom stereocenters. The fraction of sp³-hybridized carbons (Fsp3) is 0.588. The van der Waals surface area contributed by atoms with Crippen LogP contribution in [0.2, 0.25) is 10.0 Å². The van der Waals surface area contributed by atoms with E-state index in [0.29, 0.717) is 19.1 Å². The van der Waals surface area contributed by atoms with Gasteiger partial charge in [0.15, 0.2) is 0 Å². The Bertz CT molecular complexity index is 554. The fourth-order valence-corrected chi connectivity index (χ4v) is 3.70. The van der Waals surface area contributed by atoms with Crippen LogP contribution in [0.5, 0.6) is 0 Å². The third-order valence-corrected chi connectivity index (χ3v) is 5.27. The predicted octanol–water partition coefficient (Wildman–Crippen LogP) is 2.76. The van der Waals surface area contributed by atoms with Gasteiger partial charge in [-0.2, -0.15) is 0 Å². The van der Waals surface area contributed by atoms with Crippen LogP contribution in [0.3, 0.4) is 0 Å². The SMILES string of the molecule is O=C(C1COCCN1)N1CCC(Cc2cc(Cl)ccc2Cl)CC1. The first-order chi connectivity index (χ1) is 11.1. The summed E-state index contributed by atoms with van der Waals surface area (Å²) in [6.07, 6.45) is 2.93. The molecule has 4 nitrogen and oxygen atoms in total. The van der Waals surface area contributed by atoms with Gasteiger partial charge in [0.05, 0.1) is 13.2 Å². The third-order valence-electron chi connectivity index (χ3n) is 4.66. The van der Waals surface area contributed by atoms with Gasteiger partial charge in [-0.25, -0.2) is 0 Å². The number of nitrogens with zero attached hydrogens (tertiary/aromatic N) is 1. The van der Waals surface area contributed by atoms with Crippen molar-refractivity contribution in [2.75, 3.05) is 32.8 Å². The molecule has 1 amide bonds. The molecule has 0 saturated carbocycles. The van der Waals surface area contributed by atoms with E-state index in [-0.39, 0.29) is 11.9 Å². The van der Waals surface area contributed by atoms with Crippen LogP contribution in [0, 0.1) is 5.92 Å². The highest BCUT2D eigenvalue weighted by atomic mass is 35.5. The van der Waals surface area contributed by atoms with Crippen LogP contribution < -0.4 is 5.32 Å². The van der Waals surface area contributed by atoms with E-state index in [0.717, 1.165) is 54.5 Å². The average Bonchev–Trinajstić information content (AvgIpc) is 2.59. The lowest BCUT2D eigenvalue weighted by atomic mass is 9.90. The molecule has 0 bridgehead atoms. The largest absolute Gasteiger partial charge is 0.378 e. The summed E-state index contributed by atoms with van der Waals surface area (Å²) in [6.45, 7) is 3.53. The lowest BCUT2D eigenvalue weighted by Gasteiger charge is -2.35. The van der Waals surface area contributed by atoms with Crippen molar-refractivity contribution in [2.24, 2.45) is 5.92 Å². The van der Waals surface area contributed by atoms with Crippen molar-refractivity contribution < 1.29 is 9.53 Å². The number of likely N-dealkylation sites (tertiary alicyclic amines) is 1. The summed E-state index contributed by atoms with van der Waals surface area (Å²) in [7, 11) is 0. The number of rotatable bonds is 3. The molecule has 6 heteroatoms. The molecule has 1 N–H and O–H groups in total. The number of halogens is 2. The van der Waals surface area contributed by atoms with Gasteiger partial charge in [0.1, 0.15) is 6.04 Å². The molecule has 1 aromatic carbocycles. The van der Waals surface area contributed by atoms with E-state index >= 15 is 0 Å². The number of amides is 1. The topological polar surface area (TPSA) is 41.6 Å². The Kier molecular flexibility index (Phi) is 5.81. The molecule has 126 valence electrons. The minimum Gasteiger partial charge on any atom is -0.378 e. The van der Waals surface area contributed by atoms with E-state index in [1.807, 2.05) is 23.1 Å². The van der Waals surface area contributed by atoms with Gasteiger partial charge >= 0.3 is 0 Å². The Hall–Kier alpha value is -0.810. The Morgan fingerprint density at radius 1 is 1.30 bits per heavy atom. The molecular formula is C17H22Cl2N2O2. The lowest BCUT2D eigenvalue weighted by molar-refractivity contribution is -0.137. The van der Waals surface area contributed by atoms with Crippen molar-refractivity contribution in [3.05, 3.63) is 33.8 Å². The van der Waals surface area contributed by atoms with Crippen molar-refractivity contribution in [2.45, 2.75) is 25.3 Å². The molecule has 2 heterocycles. The molecule has 0 radical (unpaired) electrons. The fourth-order valence-electron chi connectivity index (χ4n) is 3.31. The molecule has 2 saturated heterocycles. The Morgan fingerprint density at radius 3 is 2.78 bits per heavy atom. The normalized spacial score (nSPS) is 23.0. The maximum atomic E-state index is 12.5. The molecule has 0 spiro atoms. The molecule has 0 aliphatic carbocycles. The quantitative estimate of drug-likeness (QED) is 0.905. The van der Waals surface area contributed by atoms with Crippen LogP contribution in [0.15, 0.2) is 18.2 Å². The molecule has 2 aliphatic rings. The first kappa shape index (κ1) is 17.0. The smallest absolute Gasteiger partial charge is 0.242 e. The number of benzene rings is 1. The number of hydrogen-bond donors (Lipinski definition) is 1. The molecular weight excluding hydrogens is 335 g/mol. The van der Waals surface area contributed by atoms with Gasteiger partial charge in [0.25, 0.3) is 0 Å². The summed E-state index contributed by atoms with van der Waals surface area (Å²) in [5.41, 5.74) is 1.10. The number of piperidine rings is 1. The highest BCUT2D eigenvalue weighted by Gasteiger charge is 2.29. The summed E-state index contributed by atoms with van der Waals surface area (Å²) in [4.78, 5) is 14.4. The molecule has 1 aromatic rings. The van der Waals surface area contributed by atoms with Crippen molar-refractivity contribution in [3.63, 3.8) is 0 Å². The number of carbonyl (C=O) groups excluding carboxylic acids is 1. The maximum absolute atomic E-state index is 12.5. The zero-order valence-corrected chi connectivity index (χ0v) is 14.6. The lowest BCUT2D eigenvalue weighted by Crippen LogP contribution is -2.54. The van der Waals surface area contributed by atoms with Crippen LogP contribution in [0.4, 0.5) is 0 Å². The molecule has 0 aromatic heterocycles. The Morgan fingerprint density at radius 2 is 2.09 bits per heavy atom. The van der Waals surface area contributed by atoms with Gasteiger partial charge in [-0.15, -0.1) is 0 Å². The summed E-state index contributed by atoms with van der Waals surface area (Å²) in [6, 6.07) is 5.44. The molecule has 2 fully saturated rings.